The molecular formula is C30H32N4O. The van der Waals surface area contributed by atoms with Crippen LogP contribution in [0.15, 0.2) is 91.3 Å². The fraction of sp³-hybridized carbons (Fsp3) is 0.267. The maximum atomic E-state index is 12.6. The van der Waals surface area contributed by atoms with E-state index in [0.29, 0.717) is 24.1 Å². The van der Waals surface area contributed by atoms with Crippen molar-refractivity contribution in [2.45, 2.75) is 50.7 Å². The molecule has 3 N–H and O–H groups in total. The van der Waals surface area contributed by atoms with Crippen molar-refractivity contribution < 1.29 is 4.79 Å². The van der Waals surface area contributed by atoms with Crippen LogP contribution in [0.3, 0.4) is 0 Å². The van der Waals surface area contributed by atoms with E-state index in [-0.39, 0.29) is 5.78 Å². The van der Waals surface area contributed by atoms with Gasteiger partial charge in [0.2, 0.25) is 0 Å². The Kier molecular flexibility index (Phi) is 7.05. The molecule has 3 aromatic carbocycles. The first-order valence-corrected chi connectivity index (χ1v) is 12.4. The summed E-state index contributed by atoms with van der Waals surface area (Å²) in [6.07, 6.45) is 7.60. The van der Waals surface area contributed by atoms with Crippen LogP contribution in [0.25, 0.3) is 0 Å². The highest BCUT2D eigenvalue weighted by Crippen LogP contribution is 2.40. The number of rotatable bonds is 11. The van der Waals surface area contributed by atoms with E-state index in [0.717, 1.165) is 37.1 Å². The van der Waals surface area contributed by atoms with Gasteiger partial charge in [-0.1, -0.05) is 72.8 Å². The van der Waals surface area contributed by atoms with Crippen LogP contribution >= 0.6 is 0 Å². The van der Waals surface area contributed by atoms with Gasteiger partial charge in [0, 0.05) is 54.5 Å². The van der Waals surface area contributed by atoms with Gasteiger partial charge in [-0.15, -0.1) is 0 Å². The largest absolute Gasteiger partial charge is 0.398 e. The molecule has 0 aliphatic heterocycles. The molecular weight excluding hydrogens is 432 g/mol. The molecule has 1 fully saturated rings. The molecule has 1 aromatic heterocycles. The highest BCUT2D eigenvalue weighted by molar-refractivity contribution is 5.98. The monoisotopic (exact) mass is 464 g/mol. The van der Waals surface area contributed by atoms with E-state index in [1.54, 1.807) is 0 Å². The van der Waals surface area contributed by atoms with E-state index in [9.17, 15) is 4.79 Å². The lowest BCUT2D eigenvalue weighted by Gasteiger charge is -2.06. The van der Waals surface area contributed by atoms with Crippen molar-refractivity contribution in [3.8, 4) is 0 Å². The second-order valence-electron chi connectivity index (χ2n) is 9.45. The number of anilines is 1. The average Bonchev–Trinajstić information content (AvgIpc) is 3.54. The molecule has 5 heteroatoms. The van der Waals surface area contributed by atoms with E-state index in [1.807, 2.05) is 47.3 Å². The molecule has 35 heavy (non-hydrogen) atoms. The normalized spacial score (nSPS) is 16.8. The van der Waals surface area contributed by atoms with Crippen molar-refractivity contribution in [2.24, 2.45) is 0 Å². The minimum atomic E-state index is 0.0911. The molecule has 5 rings (SSSR count). The lowest BCUT2D eigenvalue weighted by atomic mass is 10.00. The van der Waals surface area contributed by atoms with E-state index in [4.69, 9.17) is 5.73 Å². The highest BCUT2D eigenvalue weighted by atomic mass is 16.1. The first-order valence-electron chi connectivity index (χ1n) is 12.4. The van der Waals surface area contributed by atoms with Gasteiger partial charge in [0.1, 0.15) is 0 Å². The number of para-hydroxylation sites is 1. The molecule has 1 aliphatic carbocycles. The molecule has 4 aromatic rings. The summed E-state index contributed by atoms with van der Waals surface area (Å²) < 4.78 is 2.03. The molecule has 0 radical (unpaired) electrons. The van der Waals surface area contributed by atoms with Crippen molar-refractivity contribution in [3.05, 3.63) is 119 Å². The number of nitrogens with two attached hydrogens (primary N) is 1. The number of aryl methyl sites for hydroxylation is 2. The fourth-order valence-corrected chi connectivity index (χ4v) is 4.63. The van der Waals surface area contributed by atoms with Crippen LogP contribution in [0, 0.1) is 0 Å². The quantitative estimate of drug-likeness (QED) is 0.237. The van der Waals surface area contributed by atoms with E-state index < -0.39 is 0 Å². The first-order chi connectivity index (χ1) is 17.2. The maximum Gasteiger partial charge on any atom is 0.167 e. The van der Waals surface area contributed by atoms with Crippen molar-refractivity contribution >= 4 is 11.5 Å². The maximum absolute atomic E-state index is 12.6. The SMILES string of the molecule is Nc1ccccc1CC(=O)c1ccc(CCCn2cc(CNC3CC3c3ccccc3)cn2)cc1. The Balaban J connectivity index is 1.04. The van der Waals surface area contributed by atoms with E-state index >= 15 is 0 Å². The highest BCUT2D eigenvalue weighted by Gasteiger charge is 2.37. The van der Waals surface area contributed by atoms with Crippen molar-refractivity contribution in [1.82, 2.24) is 15.1 Å². The van der Waals surface area contributed by atoms with Crippen LogP contribution in [0.1, 0.15) is 51.4 Å². The Labute approximate surface area is 207 Å². The molecule has 0 saturated heterocycles. The number of Topliss-reactive ketones (excluding diaryl/α,β-unsaturated/α-hetero) is 1. The van der Waals surface area contributed by atoms with Crippen LogP contribution in [0.2, 0.25) is 0 Å². The molecule has 5 nitrogen and oxygen atoms in total. The number of ketones is 1. The molecule has 178 valence electrons. The van der Waals surface area contributed by atoms with Crippen LogP contribution in [-0.2, 0) is 25.9 Å². The summed E-state index contributed by atoms with van der Waals surface area (Å²) in [4.78, 5) is 12.6. The summed E-state index contributed by atoms with van der Waals surface area (Å²) in [5.74, 6) is 0.734. The third-order valence-corrected chi connectivity index (χ3v) is 6.81. The van der Waals surface area contributed by atoms with Gasteiger partial charge in [0.15, 0.2) is 5.78 Å². The summed E-state index contributed by atoms with van der Waals surface area (Å²) in [6, 6.07) is 26.8. The smallest absolute Gasteiger partial charge is 0.167 e. The topological polar surface area (TPSA) is 72.9 Å². The molecule has 0 bridgehead atoms. The Hall–Kier alpha value is -3.70. The van der Waals surface area contributed by atoms with Crippen LogP contribution in [0.4, 0.5) is 5.69 Å². The van der Waals surface area contributed by atoms with Gasteiger partial charge >= 0.3 is 0 Å². The minimum absolute atomic E-state index is 0.0911. The van der Waals surface area contributed by atoms with Gasteiger partial charge in [-0.3, -0.25) is 9.48 Å². The number of carbonyl (C=O) groups is 1. The fourth-order valence-electron chi connectivity index (χ4n) is 4.63. The van der Waals surface area contributed by atoms with Crippen molar-refractivity contribution in [2.75, 3.05) is 5.73 Å². The van der Waals surface area contributed by atoms with Crippen LogP contribution in [-0.4, -0.2) is 21.6 Å². The Morgan fingerprint density at radius 1 is 0.971 bits per heavy atom. The second-order valence-corrected chi connectivity index (χ2v) is 9.45. The van der Waals surface area contributed by atoms with Crippen LogP contribution in [0.5, 0.6) is 0 Å². The minimum Gasteiger partial charge on any atom is -0.398 e. The van der Waals surface area contributed by atoms with Gasteiger partial charge in [0.25, 0.3) is 0 Å². The lowest BCUT2D eigenvalue weighted by Crippen LogP contribution is -2.16. The second kappa shape index (κ2) is 10.7. The third-order valence-electron chi connectivity index (χ3n) is 6.81. The molecule has 2 atom stereocenters. The Bertz CT molecular complexity index is 1260. The number of nitrogen functional groups attached to an aromatic ring is 1. The zero-order chi connectivity index (χ0) is 24.0. The van der Waals surface area contributed by atoms with Gasteiger partial charge in [0.05, 0.1) is 6.20 Å². The number of hydrogen-bond acceptors (Lipinski definition) is 4. The van der Waals surface area contributed by atoms with E-state index in [2.05, 4.69) is 59.1 Å². The number of benzene rings is 3. The van der Waals surface area contributed by atoms with Crippen molar-refractivity contribution in [3.63, 3.8) is 0 Å². The summed E-state index contributed by atoms with van der Waals surface area (Å²) in [5.41, 5.74) is 12.1. The molecule has 1 heterocycles. The first kappa shape index (κ1) is 23.1. The third kappa shape index (κ3) is 6.06. The van der Waals surface area contributed by atoms with Gasteiger partial charge < -0.3 is 11.1 Å². The predicted octanol–water partition coefficient (Wildman–Crippen LogP) is 5.17. The Morgan fingerprint density at radius 3 is 2.54 bits per heavy atom. The Morgan fingerprint density at radius 2 is 1.74 bits per heavy atom. The average molecular weight is 465 g/mol. The van der Waals surface area contributed by atoms with Gasteiger partial charge in [-0.25, -0.2) is 0 Å². The van der Waals surface area contributed by atoms with Crippen LogP contribution < -0.4 is 11.1 Å². The molecule has 1 aliphatic rings. The summed E-state index contributed by atoms with van der Waals surface area (Å²) in [6.45, 7) is 1.74. The number of nitrogens with zero attached hydrogens (tertiary/aromatic N) is 2. The van der Waals surface area contributed by atoms with E-state index in [1.165, 1.54) is 23.1 Å². The zero-order valence-corrected chi connectivity index (χ0v) is 19.9. The van der Waals surface area contributed by atoms with Gasteiger partial charge in [-0.2, -0.15) is 5.10 Å². The molecule has 0 amide bonds. The predicted molar refractivity (Wildman–Crippen MR) is 140 cm³/mol. The zero-order valence-electron chi connectivity index (χ0n) is 19.9. The lowest BCUT2D eigenvalue weighted by molar-refractivity contribution is 0.0993. The van der Waals surface area contributed by atoms with Gasteiger partial charge in [-0.05, 0) is 42.0 Å². The molecule has 0 spiro atoms. The number of carbonyl (C=O) groups excluding carboxylic acids is 1. The number of nitrogens with one attached hydrogen (secondary N) is 1. The summed E-state index contributed by atoms with van der Waals surface area (Å²) >= 11 is 0. The summed E-state index contributed by atoms with van der Waals surface area (Å²) in [5, 5.41) is 8.19. The standard InChI is InChI=1S/C30H32N4O/c31-28-11-5-4-10-26(28)17-30(35)25-14-12-22(13-15-25)7-6-16-34-21-23(20-33-34)19-32-29-18-27(29)24-8-2-1-3-9-24/h1-5,8-15,20-21,27,29,32H,6-7,16-19,31H2. The molecule has 1 saturated carbocycles. The summed E-state index contributed by atoms with van der Waals surface area (Å²) in [7, 11) is 0. The molecule has 2 unspecified atom stereocenters. The van der Waals surface area contributed by atoms with Crippen molar-refractivity contribution in [1.29, 1.82) is 0 Å². The number of aromatic nitrogens is 2. The number of hydrogen-bond donors (Lipinski definition) is 2.